The average Bonchev–Trinajstić information content (AvgIpc) is 3.14. The summed E-state index contributed by atoms with van der Waals surface area (Å²) >= 11 is 0. The maximum Gasteiger partial charge on any atom is 0.257 e. The van der Waals surface area contributed by atoms with Crippen LogP contribution in [0.3, 0.4) is 0 Å². The van der Waals surface area contributed by atoms with Crippen LogP contribution in [0.4, 0.5) is 5.69 Å². The number of hydrogen-bond acceptors (Lipinski definition) is 4. The Morgan fingerprint density at radius 2 is 2.00 bits per heavy atom. The number of benzene rings is 1. The highest BCUT2D eigenvalue weighted by Gasteiger charge is 2.44. The van der Waals surface area contributed by atoms with Crippen molar-refractivity contribution in [2.45, 2.75) is 45.3 Å². The minimum absolute atomic E-state index is 0.0268. The Morgan fingerprint density at radius 3 is 2.58 bits per heavy atom. The average molecular weight is 330 g/mol. The minimum atomic E-state index is -0.736. The summed E-state index contributed by atoms with van der Waals surface area (Å²) in [7, 11) is 0. The van der Waals surface area contributed by atoms with Gasteiger partial charge in [-0.15, -0.1) is 0 Å². The standard InChI is InChI=1S/C18H22N2O4/c1-12-5-7-14(8-6-12)20-17(22)10-16(18(20)23)19(13(2)21)11-15-4-3-9-24-15/h5-8,15-16H,3-4,9-11H2,1-2H3. The molecule has 24 heavy (non-hydrogen) atoms. The molecule has 0 aliphatic carbocycles. The van der Waals surface area contributed by atoms with Crippen LogP contribution < -0.4 is 4.90 Å². The van der Waals surface area contributed by atoms with E-state index in [2.05, 4.69) is 0 Å². The molecule has 128 valence electrons. The zero-order valence-electron chi connectivity index (χ0n) is 14.0. The molecule has 2 aliphatic rings. The summed E-state index contributed by atoms with van der Waals surface area (Å²) in [6, 6.07) is 6.49. The summed E-state index contributed by atoms with van der Waals surface area (Å²) in [5.41, 5.74) is 1.61. The monoisotopic (exact) mass is 330 g/mol. The number of carbonyl (C=O) groups is 3. The SMILES string of the molecule is CC(=O)N(CC1CCCO1)C1CC(=O)N(c2ccc(C)cc2)C1=O. The first-order chi connectivity index (χ1) is 11.5. The maximum absolute atomic E-state index is 12.8. The summed E-state index contributed by atoms with van der Waals surface area (Å²) < 4.78 is 5.58. The maximum atomic E-state index is 12.8. The number of anilines is 1. The number of rotatable bonds is 4. The normalized spacial score (nSPS) is 23.8. The molecule has 3 rings (SSSR count). The third kappa shape index (κ3) is 3.19. The molecule has 1 aromatic carbocycles. The van der Waals surface area contributed by atoms with Crippen LogP contribution in [0.25, 0.3) is 0 Å². The number of nitrogens with zero attached hydrogens (tertiary/aromatic N) is 2. The highest BCUT2D eigenvalue weighted by Crippen LogP contribution is 2.27. The first kappa shape index (κ1) is 16.6. The molecule has 0 radical (unpaired) electrons. The quantitative estimate of drug-likeness (QED) is 0.788. The Bertz CT molecular complexity index is 649. The number of ether oxygens (including phenoxy) is 1. The van der Waals surface area contributed by atoms with E-state index in [1.165, 1.54) is 16.7 Å². The highest BCUT2D eigenvalue weighted by molar-refractivity contribution is 6.22. The Morgan fingerprint density at radius 1 is 1.29 bits per heavy atom. The summed E-state index contributed by atoms with van der Waals surface area (Å²) in [6.07, 6.45) is 1.81. The molecule has 2 heterocycles. The molecule has 3 amide bonds. The van der Waals surface area contributed by atoms with Gasteiger partial charge in [0.1, 0.15) is 6.04 Å². The molecule has 0 spiro atoms. The van der Waals surface area contributed by atoms with Gasteiger partial charge in [0.2, 0.25) is 11.8 Å². The second kappa shape index (κ2) is 6.73. The predicted octanol–water partition coefficient (Wildman–Crippen LogP) is 1.65. The molecular weight excluding hydrogens is 308 g/mol. The van der Waals surface area contributed by atoms with Crippen LogP contribution in [0.15, 0.2) is 24.3 Å². The number of aryl methyl sites for hydroxylation is 1. The topological polar surface area (TPSA) is 66.9 Å². The molecule has 1 aromatic rings. The van der Waals surface area contributed by atoms with E-state index < -0.39 is 6.04 Å². The molecule has 0 aromatic heterocycles. The second-order valence-corrected chi connectivity index (χ2v) is 6.43. The van der Waals surface area contributed by atoms with Crippen LogP contribution in [0.1, 0.15) is 31.7 Å². The van der Waals surface area contributed by atoms with Crippen LogP contribution >= 0.6 is 0 Å². The van der Waals surface area contributed by atoms with Crippen molar-refractivity contribution in [1.82, 2.24) is 4.90 Å². The Kier molecular flexibility index (Phi) is 4.66. The van der Waals surface area contributed by atoms with E-state index in [1.807, 2.05) is 19.1 Å². The largest absolute Gasteiger partial charge is 0.376 e. The van der Waals surface area contributed by atoms with Gasteiger partial charge in [0.05, 0.1) is 18.2 Å². The Hall–Kier alpha value is -2.21. The predicted molar refractivity (Wildman–Crippen MR) is 88.4 cm³/mol. The summed E-state index contributed by atoms with van der Waals surface area (Å²) in [5, 5.41) is 0. The van der Waals surface area contributed by atoms with Gasteiger partial charge in [-0.1, -0.05) is 17.7 Å². The molecule has 6 heteroatoms. The fraction of sp³-hybridized carbons (Fsp3) is 0.500. The lowest BCUT2D eigenvalue weighted by Gasteiger charge is -2.28. The summed E-state index contributed by atoms with van der Waals surface area (Å²) in [6.45, 7) is 4.42. The van der Waals surface area contributed by atoms with Crippen molar-refractivity contribution in [2.24, 2.45) is 0 Å². The van der Waals surface area contributed by atoms with Crippen molar-refractivity contribution >= 4 is 23.4 Å². The zero-order chi connectivity index (χ0) is 17.3. The van der Waals surface area contributed by atoms with Crippen LogP contribution in [0.5, 0.6) is 0 Å². The molecule has 0 bridgehead atoms. The van der Waals surface area contributed by atoms with Gasteiger partial charge in [0, 0.05) is 20.1 Å². The van der Waals surface area contributed by atoms with Crippen LogP contribution in [0.2, 0.25) is 0 Å². The van der Waals surface area contributed by atoms with Gasteiger partial charge in [-0.25, -0.2) is 4.90 Å². The van der Waals surface area contributed by atoms with Gasteiger partial charge in [-0.3, -0.25) is 14.4 Å². The van der Waals surface area contributed by atoms with Gasteiger partial charge in [-0.2, -0.15) is 0 Å². The van der Waals surface area contributed by atoms with Crippen LogP contribution in [-0.4, -0.2) is 47.9 Å². The van der Waals surface area contributed by atoms with Gasteiger partial charge in [0.15, 0.2) is 0 Å². The van der Waals surface area contributed by atoms with Crippen molar-refractivity contribution in [1.29, 1.82) is 0 Å². The van der Waals surface area contributed by atoms with Gasteiger partial charge >= 0.3 is 0 Å². The van der Waals surface area contributed by atoms with Gasteiger partial charge in [0.25, 0.3) is 5.91 Å². The Balaban J connectivity index is 1.80. The van der Waals surface area contributed by atoms with Crippen molar-refractivity contribution in [2.75, 3.05) is 18.1 Å². The molecule has 2 fully saturated rings. The lowest BCUT2D eigenvalue weighted by Crippen LogP contribution is -2.47. The lowest BCUT2D eigenvalue weighted by molar-refractivity contribution is -0.138. The number of amides is 3. The molecular formula is C18H22N2O4. The van der Waals surface area contributed by atoms with E-state index >= 15 is 0 Å². The minimum Gasteiger partial charge on any atom is -0.376 e. The van der Waals surface area contributed by atoms with E-state index in [0.29, 0.717) is 18.8 Å². The fourth-order valence-electron chi connectivity index (χ4n) is 3.31. The molecule has 0 saturated carbocycles. The molecule has 2 saturated heterocycles. The van der Waals surface area contributed by atoms with Gasteiger partial charge in [-0.05, 0) is 31.9 Å². The molecule has 2 atom stereocenters. The highest BCUT2D eigenvalue weighted by atomic mass is 16.5. The summed E-state index contributed by atoms with van der Waals surface area (Å²) in [4.78, 5) is 39.9. The third-order valence-corrected chi connectivity index (χ3v) is 4.62. The number of imide groups is 1. The Labute approximate surface area is 141 Å². The molecule has 6 nitrogen and oxygen atoms in total. The van der Waals surface area contributed by atoms with E-state index in [9.17, 15) is 14.4 Å². The van der Waals surface area contributed by atoms with E-state index in [4.69, 9.17) is 4.74 Å². The fourth-order valence-corrected chi connectivity index (χ4v) is 3.31. The smallest absolute Gasteiger partial charge is 0.257 e. The van der Waals surface area contributed by atoms with Crippen LogP contribution in [0, 0.1) is 6.92 Å². The molecule has 2 aliphatic heterocycles. The third-order valence-electron chi connectivity index (χ3n) is 4.62. The van der Waals surface area contributed by atoms with Gasteiger partial charge < -0.3 is 9.64 Å². The first-order valence-corrected chi connectivity index (χ1v) is 8.29. The van der Waals surface area contributed by atoms with E-state index in [0.717, 1.165) is 18.4 Å². The first-order valence-electron chi connectivity index (χ1n) is 8.29. The van der Waals surface area contributed by atoms with E-state index in [1.54, 1.807) is 12.1 Å². The zero-order valence-corrected chi connectivity index (χ0v) is 14.0. The van der Waals surface area contributed by atoms with Crippen molar-refractivity contribution < 1.29 is 19.1 Å². The van der Waals surface area contributed by atoms with Crippen molar-refractivity contribution in [3.05, 3.63) is 29.8 Å². The van der Waals surface area contributed by atoms with Crippen molar-refractivity contribution in [3.63, 3.8) is 0 Å². The van der Waals surface area contributed by atoms with Crippen molar-refractivity contribution in [3.8, 4) is 0 Å². The van der Waals surface area contributed by atoms with E-state index in [-0.39, 0.29) is 30.2 Å². The molecule has 2 unspecified atom stereocenters. The number of hydrogen-bond donors (Lipinski definition) is 0. The molecule has 0 N–H and O–H groups in total. The summed E-state index contributed by atoms with van der Waals surface area (Å²) in [5.74, 6) is -0.813. The number of carbonyl (C=O) groups excluding carboxylic acids is 3. The second-order valence-electron chi connectivity index (χ2n) is 6.43. The lowest BCUT2D eigenvalue weighted by atomic mass is 10.1. The van der Waals surface area contributed by atoms with Crippen LogP contribution in [-0.2, 0) is 19.1 Å².